The number of unbranched alkanes of at least 4 members (excludes halogenated alkanes) is 3. The third-order valence-corrected chi connectivity index (χ3v) is 3.02. The Hall–Kier alpha value is 0.380. The van der Waals surface area contributed by atoms with Gasteiger partial charge < -0.3 is 0 Å². The van der Waals surface area contributed by atoms with Crippen LogP contribution in [-0.2, 0) is 0 Å². The van der Waals surface area contributed by atoms with Crippen molar-refractivity contribution in [3.05, 3.63) is 10.4 Å². The fourth-order valence-corrected chi connectivity index (χ4v) is 2.00. The second-order valence-corrected chi connectivity index (χ2v) is 4.62. The second-order valence-electron chi connectivity index (χ2n) is 2.85. The molecule has 0 unspecified atom stereocenters. The molecule has 0 aromatic rings. The van der Waals surface area contributed by atoms with Gasteiger partial charge >= 0.3 is 0 Å². The van der Waals surface area contributed by atoms with Gasteiger partial charge in [0, 0.05) is 0 Å². The lowest BCUT2D eigenvalue weighted by Crippen LogP contribution is -1.76. The molecule has 0 fully saturated rings. The normalized spacial score (nSPS) is 12.1. The minimum Gasteiger partial charge on any atom is -0.114 e. The number of allylic oxidation sites excluding steroid dienone is 1. The smallest absolute Gasteiger partial charge is 0.0694 e. The second kappa shape index (κ2) is 9.47. The molecule has 0 heterocycles. The summed E-state index contributed by atoms with van der Waals surface area (Å²) in [4.78, 5) is 0. The van der Waals surface area contributed by atoms with Gasteiger partial charge in [0.15, 0.2) is 0 Å². The molecule has 0 rings (SSSR count). The third kappa shape index (κ3) is 8.48. The lowest BCUT2D eigenvalue weighted by atomic mass is 10.2. The Kier molecular flexibility index (Phi) is 9.77. The molecular formula is C10H19ClS. The minimum absolute atomic E-state index is 0.983. The number of hydrogen-bond acceptors (Lipinski definition) is 1. The summed E-state index contributed by atoms with van der Waals surface area (Å²) in [6.45, 7) is 4.40. The Morgan fingerprint density at radius 2 is 1.92 bits per heavy atom. The molecular weight excluding hydrogens is 188 g/mol. The van der Waals surface area contributed by atoms with E-state index in [1.54, 1.807) is 11.8 Å². The van der Waals surface area contributed by atoms with E-state index in [-0.39, 0.29) is 0 Å². The zero-order valence-corrected chi connectivity index (χ0v) is 9.68. The summed E-state index contributed by atoms with van der Waals surface area (Å²) >= 11 is 7.75. The van der Waals surface area contributed by atoms with Crippen molar-refractivity contribution in [2.24, 2.45) is 0 Å². The van der Waals surface area contributed by atoms with Crippen LogP contribution in [0.1, 0.15) is 46.0 Å². The molecule has 0 N–H and O–H groups in total. The van der Waals surface area contributed by atoms with Crippen LogP contribution in [-0.4, -0.2) is 5.75 Å². The van der Waals surface area contributed by atoms with Crippen LogP contribution in [0.2, 0.25) is 0 Å². The SMILES string of the molecule is CCCC/C=C(/Cl)SCCCC. The van der Waals surface area contributed by atoms with Gasteiger partial charge in [0.05, 0.1) is 4.36 Å². The van der Waals surface area contributed by atoms with Crippen LogP contribution >= 0.6 is 23.4 Å². The van der Waals surface area contributed by atoms with Gasteiger partial charge in [-0.2, -0.15) is 0 Å². The van der Waals surface area contributed by atoms with Crippen LogP contribution in [0.15, 0.2) is 10.4 Å². The van der Waals surface area contributed by atoms with Crippen LogP contribution in [0, 0.1) is 0 Å². The van der Waals surface area contributed by atoms with Crippen LogP contribution < -0.4 is 0 Å². The van der Waals surface area contributed by atoms with Crippen molar-refractivity contribution in [2.75, 3.05) is 5.75 Å². The highest BCUT2D eigenvalue weighted by Gasteiger charge is 1.92. The maximum absolute atomic E-state index is 5.98. The van der Waals surface area contributed by atoms with Crippen LogP contribution in [0.4, 0.5) is 0 Å². The molecule has 0 aliphatic carbocycles. The van der Waals surface area contributed by atoms with Crippen molar-refractivity contribution in [3.63, 3.8) is 0 Å². The molecule has 0 bridgehead atoms. The van der Waals surface area contributed by atoms with Crippen LogP contribution in [0.3, 0.4) is 0 Å². The van der Waals surface area contributed by atoms with Gasteiger partial charge in [-0.3, -0.25) is 0 Å². The molecule has 72 valence electrons. The van der Waals surface area contributed by atoms with Gasteiger partial charge in [-0.25, -0.2) is 0 Å². The van der Waals surface area contributed by atoms with E-state index in [2.05, 4.69) is 19.9 Å². The molecule has 12 heavy (non-hydrogen) atoms. The Morgan fingerprint density at radius 1 is 1.25 bits per heavy atom. The van der Waals surface area contributed by atoms with E-state index in [4.69, 9.17) is 11.6 Å². The summed E-state index contributed by atoms with van der Waals surface area (Å²) in [5.74, 6) is 1.16. The van der Waals surface area contributed by atoms with E-state index in [0.29, 0.717) is 0 Å². The first-order valence-corrected chi connectivity index (χ1v) is 6.16. The Labute approximate surface area is 85.8 Å². The van der Waals surface area contributed by atoms with Gasteiger partial charge in [0.2, 0.25) is 0 Å². The molecule has 0 spiro atoms. The Morgan fingerprint density at radius 3 is 2.50 bits per heavy atom. The molecule has 0 aliphatic rings. The predicted octanol–water partition coefficient (Wildman–Crippen LogP) is 4.79. The summed E-state index contributed by atoms with van der Waals surface area (Å²) in [7, 11) is 0. The van der Waals surface area contributed by atoms with Crippen LogP contribution in [0.25, 0.3) is 0 Å². The first kappa shape index (κ1) is 12.4. The van der Waals surface area contributed by atoms with Crippen molar-refractivity contribution in [1.82, 2.24) is 0 Å². The van der Waals surface area contributed by atoms with Crippen LogP contribution in [0.5, 0.6) is 0 Å². The predicted molar refractivity (Wildman–Crippen MR) is 60.8 cm³/mol. The molecule has 2 heteroatoms. The summed E-state index contributed by atoms with van der Waals surface area (Å²) in [6.07, 6.45) is 8.30. The summed E-state index contributed by atoms with van der Waals surface area (Å²) in [5, 5.41) is 0. The fourth-order valence-electron chi connectivity index (χ4n) is 0.793. The summed E-state index contributed by atoms with van der Waals surface area (Å²) in [5.41, 5.74) is 0. The minimum atomic E-state index is 0.983. The van der Waals surface area contributed by atoms with Crippen molar-refractivity contribution in [1.29, 1.82) is 0 Å². The maximum Gasteiger partial charge on any atom is 0.0694 e. The quantitative estimate of drug-likeness (QED) is 0.540. The van der Waals surface area contributed by atoms with Gasteiger partial charge in [0.1, 0.15) is 0 Å². The van der Waals surface area contributed by atoms with Crippen molar-refractivity contribution in [2.45, 2.75) is 46.0 Å². The first-order chi connectivity index (χ1) is 5.81. The van der Waals surface area contributed by atoms with Crippen molar-refractivity contribution < 1.29 is 0 Å². The number of hydrogen-bond donors (Lipinski definition) is 0. The number of halogens is 1. The zero-order chi connectivity index (χ0) is 9.23. The highest BCUT2D eigenvalue weighted by molar-refractivity contribution is 8.04. The Balaban J connectivity index is 3.29. The Bertz CT molecular complexity index is 121. The fraction of sp³-hybridized carbons (Fsp3) is 0.800. The van der Waals surface area contributed by atoms with E-state index in [0.717, 1.165) is 16.5 Å². The van der Waals surface area contributed by atoms with Crippen molar-refractivity contribution >= 4 is 23.4 Å². The molecule has 0 radical (unpaired) electrons. The number of rotatable bonds is 7. The van der Waals surface area contributed by atoms with E-state index in [1.807, 2.05) is 0 Å². The van der Waals surface area contributed by atoms with E-state index >= 15 is 0 Å². The highest BCUT2D eigenvalue weighted by atomic mass is 35.5. The topological polar surface area (TPSA) is 0 Å². The van der Waals surface area contributed by atoms with E-state index in [9.17, 15) is 0 Å². The maximum atomic E-state index is 5.98. The number of thioether (sulfide) groups is 1. The molecule has 0 aromatic heterocycles. The van der Waals surface area contributed by atoms with Gasteiger partial charge in [-0.15, -0.1) is 11.8 Å². The van der Waals surface area contributed by atoms with E-state index in [1.165, 1.54) is 25.7 Å². The average Bonchev–Trinajstić information content (AvgIpc) is 2.06. The molecule has 0 saturated carbocycles. The monoisotopic (exact) mass is 206 g/mol. The third-order valence-electron chi connectivity index (χ3n) is 1.60. The van der Waals surface area contributed by atoms with Gasteiger partial charge in [-0.1, -0.05) is 50.8 Å². The molecule has 0 aliphatic heterocycles. The molecule has 0 saturated heterocycles. The van der Waals surface area contributed by atoms with Gasteiger partial charge in [0.25, 0.3) is 0 Å². The zero-order valence-electron chi connectivity index (χ0n) is 8.11. The largest absolute Gasteiger partial charge is 0.114 e. The van der Waals surface area contributed by atoms with Crippen molar-refractivity contribution in [3.8, 4) is 0 Å². The average molecular weight is 207 g/mol. The lowest BCUT2D eigenvalue weighted by Gasteiger charge is -1.97. The summed E-state index contributed by atoms with van der Waals surface area (Å²) in [6, 6.07) is 0. The lowest BCUT2D eigenvalue weighted by molar-refractivity contribution is 0.815. The molecule has 0 aromatic carbocycles. The standard InChI is InChI=1S/C10H19ClS/c1-3-5-7-8-10(11)12-9-6-4-2/h8H,3-7,9H2,1-2H3/b10-8-. The molecule has 0 atom stereocenters. The first-order valence-electron chi connectivity index (χ1n) is 4.79. The highest BCUT2D eigenvalue weighted by Crippen LogP contribution is 2.22. The van der Waals surface area contributed by atoms with Gasteiger partial charge in [-0.05, 0) is 18.6 Å². The van der Waals surface area contributed by atoms with E-state index < -0.39 is 0 Å². The summed E-state index contributed by atoms with van der Waals surface area (Å²) < 4.78 is 0.983. The molecule has 0 amide bonds. The molecule has 0 nitrogen and oxygen atoms in total.